The molecule has 1 fully saturated rings. The van der Waals surface area contributed by atoms with Gasteiger partial charge < -0.3 is 14.5 Å². The third kappa shape index (κ3) is 4.54. The molecule has 0 bridgehead atoms. The lowest BCUT2D eigenvalue weighted by atomic mass is 10.2. The maximum Gasteiger partial charge on any atom is 0.410 e. The Balaban J connectivity index is 1.64. The predicted octanol–water partition coefficient (Wildman–Crippen LogP) is 3.69. The molecule has 134 valence electrons. The van der Waals surface area contributed by atoms with E-state index >= 15 is 0 Å². The number of hydrogen-bond donors (Lipinski definition) is 0. The molecule has 0 atom stereocenters. The van der Waals surface area contributed by atoms with E-state index in [4.69, 9.17) is 4.74 Å². The van der Waals surface area contributed by atoms with Crippen LogP contribution < -0.4 is 4.90 Å². The van der Waals surface area contributed by atoms with Crippen LogP contribution in [0.25, 0.3) is 5.69 Å². The van der Waals surface area contributed by atoms with E-state index in [2.05, 4.69) is 38.1 Å². The molecule has 0 saturated carbocycles. The van der Waals surface area contributed by atoms with Gasteiger partial charge in [0.05, 0.1) is 16.4 Å². The van der Waals surface area contributed by atoms with Crippen molar-refractivity contribution in [3.8, 4) is 5.69 Å². The van der Waals surface area contributed by atoms with Crippen LogP contribution in [-0.2, 0) is 4.74 Å². The Morgan fingerprint density at radius 2 is 1.84 bits per heavy atom. The van der Waals surface area contributed by atoms with E-state index < -0.39 is 5.60 Å². The van der Waals surface area contributed by atoms with Crippen molar-refractivity contribution < 1.29 is 9.53 Å². The summed E-state index contributed by atoms with van der Waals surface area (Å²) in [5, 5.41) is 4.32. The quantitative estimate of drug-likeness (QED) is 0.762. The smallest absolute Gasteiger partial charge is 0.410 e. The average Bonchev–Trinajstić information content (AvgIpc) is 3.00. The van der Waals surface area contributed by atoms with Crippen LogP contribution in [0.4, 0.5) is 10.5 Å². The summed E-state index contributed by atoms with van der Waals surface area (Å²) in [6, 6.07) is 8.26. The van der Waals surface area contributed by atoms with E-state index in [1.165, 1.54) is 0 Å². The molecule has 0 aliphatic carbocycles. The molecule has 3 rings (SSSR count). The zero-order chi connectivity index (χ0) is 18.0. The highest BCUT2D eigenvalue weighted by Crippen LogP contribution is 2.22. The first-order valence-corrected chi connectivity index (χ1v) is 9.15. The second kappa shape index (κ2) is 7.07. The number of benzene rings is 1. The van der Waals surface area contributed by atoms with Gasteiger partial charge in [-0.2, -0.15) is 5.10 Å². The second-order valence-corrected chi connectivity index (χ2v) is 7.99. The van der Waals surface area contributed by atoms with E-state index in [0.29, 0.717) is 13.1 Å². The number of carbonyl (C=O) groups is 1. The Kier molecular flexibility index (Phi) is 5.03. The van der Waals surface area contributed by atoms with Crippen LogP contribution in [-0.4, -0.2) is 52.6 Å². The van der Waals surface area contributed by atoms with Gasteiger partial charge in [-0.1, -0.05) is 6.07 Å². The van der Waals surface area contributed by atoms with Gasteiger partial charge in [0.1, 0.15) is 5.60 Å². The number of rotatable bonds is 2. The van der Waals surface area contributed by atoms with Gasteiger partial charge in [-0.25, -0.2) is 9.48 Å². The number of hydrogen-bond acceptors (Lipinski definition) is 4. The number of anilines is 1. The number of carbonyl (C=O) groups excluding carboxylic acids is 1. The van der Waals surface area contributed by atoms with Crippen molar-refractivity contribution in [2.24, 2.45) is 0 Å². The van der Waals surface area contributed by atoms with Crippen LogP contribution in [0.1, 0.15) is 20.8 Å². The third-order valence-corrected chi connectivity index (χ3v) is 4.35. The lowest BCUT2D eigenvalue weighted by Crippen LogP contribution is -2.50. The number of aromatic nitrogens is 2. The fourth-order valence-corrected chi connectivity index (χ4v) is 3.03. The molecule has 1 aromatic carbocycles. The SMILES string of the molecule is CC(C)(C)OC(=O)N1CCN(c2cccc(-n3cc(Br)cn3)c2)CC1. The molecule has 7 heteroatoms. The van der Waals surface area contributed by atoms with Crippen molar-refractivity contribution in [2.45, 2.75) is 26.4 Å². The van der Waals surface area contributed by atoms with Gasteiger partial charge in [-0.15, -0.1) is 0 Å². The van der Waals surface area contributed by atoms with Crippen molar-refractivity contribution >= 4 is 27.7 Å². The van der Waals surface area contributed by atoms with Crippen molar-refractivity contribution in [2.75, 3.05) is 31.1 Å². The maximum absolute atomic E-state index is 12.2. The predicted molar refractivity (Wildman–Crippen MR) is 101 cm³/mol. The first-order valence-electron chi connectivity index (χ1n) is 8.35. The molecule has 0 spiro atoms. The van der Waals surface area contributed by atoms with Crippen molar-refractivity contribution in [3.63, 3.8) is 0 Å². The van der Waals surface area contributed by atoms with Gasteiger partial charge in [-0.05, 0) is 54.9 Å². The molecule has 6 nitrogen and oxygen atoms in total. The molecule has 1 aliphatic rings. The monoisotopic (exact) mass is 406 g/mol. The Morgan fingerprint density at radius 3 is 2.44 bits per heavy atom. The number of nitrogens with zero attached hydrogens (tertiary/aromatic N) is 4. The Labute approximate surface area is 156 Å². The fourth-order valence-electron chi connectivity index (χ4n) is 2.75. The van der Waals surface area contributed by atoms with E-state index in [-0.39, 0.29) is 6.09 Å². The minimum absolute atomic E-state index is 0.234. The molecule has 2 aromatic rings. The van der Waals surface area contributed by atoms with Crippen LogP contribution in [0.2, 0.25) is 0 Å². The Bertz CT molecular complexity index is 746. The highest BCUT2D eigenvalue weighted by atomic mass is 79.9. The van der Waals surface area contributed by atoms with Gasteiger partial charge in [0, 0.05) is 38.1 Å². The zero-order valence-corrected chi connectivity index (χ0v) is 16.4. The molecule has 1 saturated heterocycles. The van der Waals surface area contributed by atoms with Gasteiger partial charge in [-0.3, -0.25) is 0 Å². The van der Waals surface area contributed by atoms with Crippen LogP contribution in [0.3, 0.4) is 0 Å². The van der Waals surface area contributed by atoms with Crippen LogP contribution in [0.5, 0.6) is 0 Å². The summed E-state index contributed by atoms with van der Waals surface area (Å²) in [5.41, 5.74) is 1.69. The molecule has 1 aromatic heterocycles. The molecule has 0 N–H and O–H groups in total. The molecule has 25 heavy (non-hydrogen) atoms. The zero-order valence-electron chi connectivity index (χ0n) is 14.8. The summed E-state index contributed by atoms with van der Waals surface area (Å²) in [5.74, 6) is 0. The first kappa shape index (κ1) is 17.8. The largest absolute Gasteiger partial charge is 0.444 e. The van der Waals surface area contributed by atoms with Crippen LogP contribution in [0, 0.1) is 0 Å². The molecule has 0 radical (unpaired) electrons. The second-order valence-electron chi connectivity index (χ2n) is 7.08. The molecule has 1 aliphatic heterocycles. The molecule has 1 amide bonds. The van der Waals surface area contributed by atoms with E-state index in [9.17, 15) is 4.79 Å². The lowest BCUT2D eigenvalue weighted by Gasteiger charge is -2.36. The van der Waals surface area contributed by atoms with Crippen molar-refractivity contribution in [3.05, 3.63) is 41.1 Å². The summed E-state index contributed by atoms with van der Waals surface area (Å²) in [6.07, 6.45) is 3.47. The lowest BCUT2D eigenvalue weighted by molar-refractivity contribution is 0.0240. The van der Waals surface area contributed by atoms with E-state index in [1.807, 2.05) is 43.8 Å². The van der Waals surface area contributed by atoms with Gasteiger partial charge in [0.2, 0.25) is 0 Å². The highest BCUT2D eigenvalue weighted by Gasteiger charge is 2.26. The first-order chi connectivity index (χ1) is 11.8. The number of piperazine rings is 1. The molecule has 0 unspecified atom stereocenters. The van der Waals surface area contributed by atoms with Crippen molar-refractivity contribution in [1.29, 1.82) is 0 Å². The summed E-state index contributed by atoms with van der Waals surface area (Å²) in [7, 11) is 0. The van der Waals surface area contributed by atoms with Crippen LogP contribution >= 0.6 is 15.9 Å². The normalized spacial score (nSPS) is 15.4. The molecular formula is C18H23BrN4O2. The van der Waals surface area contributed by atoms with Gasteiger partial charge in [0.25, 0.3) is 0 Å². The number of ether oxygens (including phenoxy) is 1. The minimum atomic E-state index is -0.458. The average molecular weight is 407 g/mol. The maximum atomic E-state index is 12.2. The van der Waals surface area contributed by atoms with Crippen molar-refractivity contribution in [1.82, 2.24) is 14.7 Å². The number of halogens is 1. The highest BCUT2D eigenvalue weighted by molar-refractivity contribution is 9.10. The summed E-state index contributed by atoms with van der Waals surface area (Å²) >= 11 is 3.42. The van der Waals surface area contributed by atoms with Gasteiger partial charge >= 0.3 is 6.09 Å². The minimum Gasteiger partial charge on any atom is -0.444 e. The van der Waals surface area contributed by atoms with Gasteiger partial charge in [0.15, 0.2) is 0 Å². The standard InChI is InChI=1S/C18H23BrN4O2/c1-18(2,3)25-17(24)22-9-7-21(8-10-22)15-5-4-6-16(11-15)23-13-14(19)12-20-23/h4-6,11-13H,7-10H2,1-3H3. The summed E-state index contributed by atoms with van der Waals surface area (Å²) < 4.78 is 8.24. The molecule has 2 heterocycles. The fraction of sp³-hybridized carbons (Fsp3) is 0.444. The Hall–Kier alpha value is -2.02. The van der Waals surface area contributed by atoms with E-state index in [1.54, 1.807) is 11.1 Å². The summed E-state index contributed by atoms with van der Waals surface area (Å²) in [4.78, 5) is 16.2. The molecular weight excluding hydrogens is 384 g/mol. The number of amides is 1. The Morgan fingerprint density at radius 1 is 1.16 bits per heavy atom. The van der Waals surface area contributed by atoms with E-state index in [0.717, 1.165) is 28.9 Å². The van der Waals surface area contributed by atoms with Crippen LogP contribution in [0.15, 0.2) is 41.1 Å². The third-order valence-electron chi connectivity index (χ3n) is 3.94. The summed E-state index contributed by atoms with van der Waals surface area (Å²) in [6.45, 7) is 8.55. The topological polar surface area (TPSA) is 50.6 Å².